The van der Waals surface area contributed by atoms with E-state index in [1.165, 1.54) is 0 Å². The van der Waals surface area contributed by atoms with E-state index >= 15 is 0 Å². The molecule has 6 heteroatoms. The van der Waals surface area contributed by atoms with E-state index in [0.29, 0.717) is 17.9 Å². The van der Waals surface area contributed by atoms with Crippen LogP contribution in [0.15, 0.2) is 24.3 Å². The van der Waals surface area contributed by atoms with Gasteiger partial charge in [0.05, 0.1) is 12.2 Å². The zero-order valence-corrected chi connectivity index (χ0v) is 13.1. The third kappa shape index (κ3) is 5.94. The highest BCUT2D eigenvalue weighted by Crippen LogP contribution is 2.16. The fraction of sp³-hybridized carbons (Fsp3) is 0.533. The Bertz CT molecular complexity index is 460. The summed E-state index contributed by atoms with van der Waals surface area (Å²) in [5.74, 6) is 0.476. The van der Waals surface area contributed by atoms with Gasteiger partial charge in [0, 0.05) is 17.8 Å². The Balaban J connectivity index is 2.38. The van der Waals surface area contributed by atoms with Gasteiger partial charge in [-0.15, -0.1) is 0 Å². The number of rotatable bonds is 9. The zero-order chi connectivity index (χ0) is 15.7. The van der Waals surface area contributed by atoms with Gasteiger partial charge in [0.25, 0.3) is 0 Å². The van der Waals surface area contributed by atoms with Gasteiger partial charge in [-0.2, -0.15) is 17.0 Å². The van der Waals surface area contributed by atoms with Gasteiger partial charge >= 0.3 is 0 Å². The molecule has 1 aromatic rings. The lowest BCUT2D eigenvalue weighted by Gasteiger charge is -2.23. The lowest BCUT2D eigenvalue weighted by atomic mass is 10.2. The Morgan fingerprint density at radius 1 is 1.43 bits per heavy atom. The molecule has 0 aliphatic rings. The van der Waals surface area contributed by atoms with Crippen LogP contribution in [0.3, 0.4) is 0 Å². The van der Waals surface area contributed by atoms with E-state index in [9.17, 15) is 10.2 Å². The van der Waals surface area contributed by atoms with Gasteiger partial charge in [0.2, 0.25) is 0 Å². The maximum atomic E-state index is 9.91. The van der Waals surface area contributed by atoms with Crippen LogP contribution >= 0.6 is 11.8 Å². The van der Waals surface area contributed by atoms with Crippen LogP contribution in [0.1, 0.15) is 12.5 Å². The fourth-order valence-electron chi connectivity index (χ4n) is 1.82. The fourth-order valence-corrected chi connectivity index (χ4v) is 2.47. The van der Waals surface area contributed by atoms with Gasteiger partial charge < -0.3 is 20.3 Å². The second-order valence-electron chi connectivity index (χ2n) is 4.73. The standard InChI is InChI=1S/C15H22N2O3S/c1-11(15(9-18)21-2)17-8-13(19)10-20-14-6-4-3-5-12(14)7-16/h3-6,11,13,15,17-19H,8-10H2,1-2H3. The van der Waals surface area contributed by atoms with Crippen molar-refractivity contribution < 1.29 is 14.9 Å². The van der Waals surface area contributed by atoms with E-state index in [1.807, 2.05) is 19.2 Å². The molecule has 3 N–H and O–H groups in total. The monoisotopic (exact) mass is 310 g/mol. The molecule has 0 aliphatic carbocycles. The number of para-hydroxylation sites is 1. The number of nitrogens with zero attached hydrogens (tertiary/aromatic N) is 1. The van der Waals surface area contributed by atoms with Crippen molar-refractivity contribution in [3.8, 4) is 11.8 Å². The molecule has 3 atom stereocenters. The highest BCUT2D eigenvalue weighted by Gasteiger charge is 2.16. The first kappa shape index (κ1) is 17.8. The second-order valence-corrected chi connectivity index (χ2v) is 5.80. The highest BCUT2D eigenvalue weighted by atomic mass is 32.2. The Kier molecular flexibility index (Phi) is 8.16. The molecular formula is C15H22N2O3S. The first-order chi connectivity index (χ1) is 10.1. The van der Waals surface area contributed by atoms with Crippen LogP contribution in [0.5, 0.6) is 5.75 Å². The van der Waals surface area contributed by atoms with Crippen LogP contribution in [0.4, 0.5) is 0 Å². The average molecular weight is 310 g/mol. The molecule has 0 amide bonds. The van der Waals surface area contributed by atoms with Gasteiger partial charge in [-0.05, 0) is 25.3 Å². The molecule has 0 heterocycles. The third-order valence-electron chi connectivity index (χ3n) is 3.15. The smallest absolute Gasteiger partial charge is 0.137 e. The SMILES string of the molecule is CSC(CO)C(C)NCC(O)COc1ccccc1C#N. The number of aliphatic hydroxyl groups is 2. The number of thioether (sulfide) groups is 1. The third-order valence-corrected chi connectivity index (χ3v) is 4.32. The van der Waals surface area contributed by atoms with E-state index < -0.39 is 6.10 Å². The maximum Gasteiger partial charge on any atom is 0.137 e. The largest absolute Gasteiger partial charge is 0.489 e. The van der Waals surface area contributed by atoms with Gasteiger partial charge in [-0.3, -0.25) is 0 Å². The topological polar surface area (TPSA) is 85.5 Å². The molecular weight excluding hydrogens is 288 g/mol. The molecule has 0 bridgehead atoms. The molecule has 0 saturated carbocycles. The van der Waals surface area contributed by atoms with E-state index in [4.69, 9.17) is 10.00 Å². The summed E-state index contributed by atoms with van der Waals surface area (Å²) in [6.07, 6.45) is 1.26. The van der Waals surface area contributed by atoms with E-state index in [2.05, 4.69) is 5.32 Å². The Hall–Kier alpha value is -1.26. The summed E-state index contributed by atoms with van der Waals surface area (Å²) in [5.41, 5.74) is 0.453. The van der Waals surface area contributed by atoms with Gasteiger partial charge in [0.15, 0.2) is 0 Å². The summed E-state index contributed by atoms with van der Waals surface area (Å²) in [7, 11) is 0. The number of hydrogen-bond acceptors (Lipinski definition) is 6. The van der Waals surface area contributed by atoms with Crippen LogP contribution in [0, 0.1) is 11.3 Å². The Morgan fingerprint density at radius 2 is 2.14 bits per heavy atom. The zero-order valence-electron chi connectivity index (χ0n) is 12.3. The van der Waals surface area contributed by atoms with Crippen LogP contribution in [-0.2, 0) is 0 Å². The first-order valence-corrected chi connectivity index (χ1v) is 8.08. The molecule has 116 valence electrons. The van der Waals surface area contributed by atoms with E-state index in [0.717, 1.165) is 0 Å². The number of aliphatic hydroxyl groups excluding tert-OH is 2. The van der Waals surface area contributed by atoms with Crippen molar-refractivity contribution in [3.63, 3.8) is 0 Å². The summed E-state index contributed by atoms with van der Waals surface area (Å²) in [6, 6.07) is 9.07. The van der Waals surface area contributed by atoms with E-state index in [-0.39, 0.29) is 24.5 Å². The molecule has 0 fully saturated rings. The minimum atomic E-state index is -0.680. The molecule has 0 aliphatic heterocycles. The van der Waals surface area contributed by atoms with Crippen molar-refractivity contribution >= 4 is 11.8 Å². The normalized spacial score (nSPS) is 15.0. The molecule has 5 nitrogen and oxygen atoms in total. The predicted octanol–water partition coefficient (Wildman–Crippen LogP) is 1.000. The first-order valence-electron chi connectivity index (χ1n) is 6.79. The van der Waals surface area contributed by atoms with Crippen LogP contribution in [0.2, 0.25) is 0 Å². The van der Waals surface area contributed by atoms with Crippen molar-refractivity contribution in [1.29, 1.82) is 5.26 Å². The van der Waals surface area contributed by atoms with E-state index in [1.54, 1.807) is 36.0 Å². The number of ether oxygens (including phenoxy) is 1. The molecule has 3 unspecified atom stereocenters. The number of nitriles is 1. The van der Waals surface area contributed by atoms with Crippen molar-refractivity contribution in [2.75, 3.05) is 26.0 Å². The molecule has 0 radical (unpaired) electrons. The number of benzene rings is 1. The van der Waals surface area contributed by atoms with Crippen LogP contribution < -0.4 is 10.1 Å². The molecule has 1 aromatic carbocycles. The van der Waals surface area contributed by atoms with Gasteiger partial charge in [-0.25, -0.2) is 0 Å². The van der Waals surface area contributed by atoms with Crippen molar-refractivity contribution in [1.82, 2.24) is 5.32 Å². The van der Waals surface area contributed by atoms with Crippen LogP contribution in [0.25, 0.3) is 0 Å². The molecule has 0 spiro atoms. The quantitative estimate of drug-likeness (QED) is 0.631. The summed E-state index contributed by atoms with van der Waals surface area (Å²) in [6.45, 7) is 2.54. The summed E-state index contributed by atoms with van der Waals surface area (Å²) >= 11 is 1.58. The van der Waals surface area contributed by atoms with Crippen molar-refractivity contribution in [2.24, 2.45) is 0 Å². The number of hydrogen-bond donors (Lipinski definition) is 3. The molecule has 21 heavy (non-hydrogen) atoms. The van der Waals surface area contributed by atoms with Gasteiger partial charge in [-0.1, -0.05) is 12.1 Å². The summed E-state index contributed by atoms with van der Waals surface area (Å²) in [5, 5.41) is 31.3. The summed E-state index contributed by atoms with van der Waals surface area (Å²) in [4.78, 5) is 0. The second kappa shape index (κ2) is 9.64. The lowest BCUT2D eigenvalue weighted by Crippen LogP contribution is -2.42. The molecule has 0 saturated heterocycles. The average Bonchev–Trinajstić information content (AvgIpc) is 2.52. The predicted molar refractivity (Wildman–Crippen MR) is 84.5 cm³/mol. The Labute approximate surface area is 129 Å². The highest BCUT2D eigenvalue weighted by molar-refractivity contribution is 7.99. The minimum Gasteiger partial charge on any atom is -0.489 e. The summed E-state index contributed by atoms with van der Waals surface area (Å²) < 4.78 is 5.47. The van der Waals surface area contributed by atoms with Crippen molar-refractivity contribution in [3.05, 3.63) is 29.8 Å². The maximum absolute atomic E-state index is 9.91. The molecule has 1 rings (SSSR count). The van der Waals surface area contributed by atoms with Crippen molar-refractivity contribution in [2.45, 2.75) is 24.3 Å². The lowest BCUT2D eigenvalue weighted by molar-refractivity contribution is 0.103. The van der Waals surface area contributed by atoms with Crippen LogP contribution in [-0.4, -0.2) is 53.6 Å². The Morgan fingerprint density at radius 3 is 2.76 bits per heavy atom. The molecule has 0 aromatic heterocycles. The van der Waals surface area contributed by atoms with Gasteiger partial charge in [0.1, 0.15) is 24.5 Å². The minimum absolute atomic E-state index is 0.0889. The number of nitrogens with one attached hydrogen (secondary N) is 1.